The number of fused-ring (bicyclic) bond motifs is 1. The first-order chi connectivity index (χ1) is 10.1. The molecular formula is C15H14F3N3. The lowest BCUT2D eigenvalue weighted by atomic mass is 9.91. The van der Waals surface area contributed by atoms with E-state index < -0.39 is 23.5 Å². The Hall–Kier alpha value is -1.92. The maximum atomic E-state index is 13.4. The minimum absolute atomic E-state index is 0.101. The summed E-state index contributed by atoms with van der Waals surface area (Å²) in [4.78, 5) is 4.34. The van der Waals surface area contributed by atoms with Gasteiger partial charge in [-0.15, -0.1) is 0 Å². The van der Waals surface area contributed by atoms with E-state index >= 15 is 0 Å². The average molecular weight is 293 g/mol. The molecule has 110 valence electrons. The molecule has 0 saturated heterocycles. The lowest BCUT2D eigenvalue weighted by molar-refractivity contribution is 0.420. The first-order valence-electron chi connectivity index (χ1n) is 6.66. The summed E-state index contributed by atoms with van der Waals surface area (Å²) >= 11 is 0. The van der Waals surface area contributed by atoms with Crippen molar-refractivity contribution in [2.75, 3.05) is 0 Å². The van der Waals surface area contributed by atoms with E-state index in [1.807, 2.05) is 12.1 Å². The fourth-order valence-electron chi connectivity index (χ4n) is 2.97. The Kier molecular flexibility index (Phi) is 3.65. The average Bonchev–Trinajstić information content (AvgIpc) is 2.90. The highest BCUT2D eigenvalue weighted by Gasteiger charge is 2.32. The van der Waals surface area contributed by atoms with Crippen LogP contribution in [0.5, 0.6) is 0 Å². The second-order valence-electron chi connectivity index (χ2n) is 5.14. The van der Waals surface area contributed by atoms with Gasteiger partial charge in [-0.3, -0.25) is 16.3 Å². The Labute approximate surface area is 120 Å². The molecule has 0 bridgehead atoms. The van der Waals surface area contributed by atoms with Crippen LogP contribution in [-0.2, 0) is 6.42 Å². The van der Waals surface area contributed by atoms with E-state index in [2.05, 4.69) is 10.4 Å². The normalized spacial score (nSPS) is 18.6. The molecular weight excluding hydrogens is 279 g/mol. The first-order valence-corrected chi connectivity index (χ1v) is 6.66. The van der Waals surface area contributed by atoms with Crippen molar-refractivity contribution in [1.82, 2.24) is 10.4 Å². The molecule has 6 heteroatoms. The largest absolute Gasteiger partial charge is 0.271 e. The summed E-state index contributed by atoms with van der Waals surface area (Å²) in [5, 5.41) is 0. The predicted molar refractivity (Wildman–Crippen MR) is 71.7 cm³/mol. The third-order valence-electron chi connectivity index (χ3n) is 3.95. The second kappa shape index (κ2) is 5.46. The molecule has 3 rings (SSSR count). The minimum Gasteiger partial charge on any atom is -0.271 e. The molecule has 21 heavy (non-hydrogen) atoms. The van der Waals surface area contributed by atoms with E-state index in [9.17, 15) is 13.2 Å². The van der Waals surface area contributed by atoms with Crippen molar-refractivity contribution in [3.8, 4) is 0 Å². The highest BCUT2D eigenvalue weighted by atomic mass is 19.2. The molecule has 1 aliphatic carbocycles. The molecule has 1 aromatic carbocycles. The summed E-state index contributed by atoms with van der Waals surface area (Å²) in [6, 6.07) is 5.25. The van der Waals surface area contributed by atoms with E-state index in [4.69, 9.17) is 5.84 Å². The summed E-state index contributed by atoms with van der Waals surface area (Å²) < 4.78 is 39.9. The Bertz CT molecular complexity index is 652. The lowest BCUT2D eigenvalue weighted by Crippen LogP contribution is -2.32. The summed E-state index contributed by atoms with van der Waals surface area (Å²) in [5.74, 6) is 1.55. The predicted octanol–water partition coefficient (Wildman–Crippen LogP) is 2.73. The van der Waals surface area contributed by atoms with Crippen molar-refractivity contribution < 1.29 is 13.2 Å². The van der Waals surface area contributed by atoms with Crippen molar-refractivity contribution in [2.45, 2.75) is 24.8 Å². The molecule has 0 aliphatic heterocycles. The summed E-state index contributed by atoms with van der Waals surface area (Å²) in [7, 11) is 0. The summed E-state index contributed by atoms with van der Waals surface area (Å²) in [6.45, 7) is 0. The topological polar surface area (TPSA) is 50.9 Å². The van der Waals surface area contributed by atoms with Gasteiger partial charge in [-0.2, -0.15) is 0 Å². The molecule has 0 radical (unpaired) electrons. The standard InChI is InChI=1S/C15H14F3N3/c16-11-6-9(7-12(17)13(11)18)15(21-19)10-4-3-8-2-1-5-20-14(8)10/h1-2,5-7,10,15,21H,3-4,19H2. The molecule has 0 saturated carbocycles. The van der Waals surface area contributed by atoms with Gasteiger partial charge in [0.15, 0.2) is 17.5 Å². The number of hydrogen-bond acceptors (Lipinski definition) is 3. The van der Waals surface area contributed by atoms with Gasteiger partial charge in [0.2, 0.25) is 0 Å². The van der Waals surface area contributed by atoms with Crippen LogP contribution in [0.4, 0.5) is 13.2 Å². The highest BCUT2D eigenvalue weighted by molar-refractivity contribution is 5.34. The Morgan fingerprint density at radius 1 is 1.24 bits per heavy atom. The van der Waals surface area contributed by atoms with Gasteiger partial charge in [0, 0.05) is 17.8 Å². The van der Waals surface area contributed by atoms with Crippen LogP contribution in [0, 0.1) is 17.5 Å². The van der Waals surface area contributed by atoms with Crippen LogP contribution in [0.15, 0.2) is 30.5 Å². The van der Waals surface area contributed by atoms with Gasteiger partial charge >= 0.3 is 0 Å². The smallest absolute Gasteiger partial charge is 0.194 e. The monoisotopic (exact) mass is 293 g/mol. The minimum atomic E-state index is -1.47. The molecule has 2 aromatic rings. The molecule has 3 N–H and O–H groups in total. The van der Waals surface area contributed by atoms with Crippen molar-refractivity contribution in [3.63, 3.8) is 0 Å². The molecule has 1 aromatic heterocycles. The Balaban J connectivity index is 2.00. The van der Waals surface area contributed by atoms with Crippen LogP contribution in [0.2, 0.25) is 0 Å². The number of benzene rings is 1. The van der Waals surface area contributed by atoms with Gasteiger partial charge in [0.1, 0.15) is 0 Å². The van der Waals surface area contributed by atoms with Gasteiger partial charge < -0.3 is 0 Å². The van der Waals surface area contributed by atoms with Gasteiger partial charge in [-0.25, -0.2) is 13.2 Å². The fraction of sp³-hybridized carbons (Fsp3) is 0.267. The van der Waals surface area contributed by atoms with Gasteiger partial charge in [0.05, 0.1) is 6.04 Å². The number of aryl methyl sites for hydroxylation is 1. The van der Waals surface area contributed by atoms with Gasteiger partial charge in [0.25, 0.3) is 0 Å². The number of hydrogen-bond donors (Lipinski definition) is 2. The number of aromatic nitrogens is 1. The van der Waals surface area contributed by atoms with Gasteiger partial charge in [-0.1, -0.05) is 6.07 Å². The number of pyridine rings is 1. The Morgan fingerprint density at radius 3 is 2.62 bits per heavy atom. The second-order valence-corrected chi connectivity index (χ2v) is 5.14. The van der Waals surface area contributed by atoms with Crippen molar-refractivity contribution in [1.29, 1.82) is 0 Å². The van der Waals surface area contributed by atoms with Crippen molar-refractivity contribution >= 4 is 0 Å². The van der Waals surface area contributed by atoms with Crippen LogP contribution in [-0.4, -0.2) is 4.98 Å². The van der Waals surface area contributed by atoms with E-state index in [0.29, 0.717) is 0 Å². The molecule has 1 heterocycles. The van der Waals surface area contributed by atoms with Crippen LogP contribution in [0.25, 0.3) is 0 Å². The molecule has 2 unspecified atom stereocenters. The maximum Gasteiger partial charge on any atom is 0.194 e. The molecule has 0 fully saturated rings. The van der Waals surface area contributed by atoms with Crippen LogP contribution >= 0.6 is 0 Å². The Morgan fingerprint density at radius 2 is 1.95 bits per heavy atom. The van der Waals surface area contributed by atoms with Crippen LogP contribution in [0.3, 0.4) is 0 Å². The number of rotatable bonds is 3. The third kappa shape index (κ3) is 2.41. The zero-order chi connectivity index (χ0) is 15.0. The quantitative estimate of drug-likeness (QED) is 0.520. The maximum absolute atomic E-state index is 13.4. The van der Waals surface area contributed by atoms with Crippen LogP contribution in [0.1, 0.15) is 35.2 Å². The third-order valence-corrected chi connectivity index (χ3v) is 3.95. The zero-order valence-corrected chi connectivity index (χ0v) is 11.1. The molecule has 3 nitrogen and oxygen atoms in total. The van der Waals surface area contributed by atoms with E-state index in [1.165, 1.54) is 0 Å². The zero-order valence-electron chi connectivity index (χ0n) is 11.1. The molecule has 1 aliphatic rings. The number of nitrogens with zero attached hydrogens (tertiary/aromatic N) is 1. The number of nitrogens with one attached hydrogen (secondary N) is 1. The van der Waals surface area contributed by atoms with E-state index in [1.54, 1.807) is 6.20 Å². The van der Waals surface area contributed by atoms with Crippen LogP contribution < -0.4 is 11.3 Å². The SMILES string of the molecule is NNC(c1cc(F)c(F)c(F)c1)C1CCc2cccnc21. The van der Waals surface area contributed by atoms with E-state index in [-0.39, 0.29) is 11.5 Å². The number of halogens is 3. The van der Waals surface area contributed by atoms with E-state index in [0.717, 1.165) is 36.2 Å². The molecule has 2 atom stereocenters. The summed E-state index contributed by atoms with van der Waals surface area (Å²) in [6.07, 6.45) is 3.27. The molecule has 0 spiro atoms. The number of hydrazine groups is 1. The van der Waals surface area contributed by atoms with Crippen molar-refractivity contribution in [2.24, 2.45) is 5.84 Å². The summed E-state index contributed by atoms with van der Waals surface area (Å²) in [5.41, 5.74) is 4.82. The fourth-order valence-corrected chi connectivity index (χ4v) is 2.97. The first kappa shape index (κ1) is 14.0. The van der Waals surface area contributed by atoms with Crippen molar-refractivity contribution in [3.05, 3.63) is 64.7 Å². The van der Waals surface area contributed by atoms with Gasteiger partial charge in [-0.05, 0) is 42.2 Å². The molecule has 0 amide bonds. The lowest BCUT2D eigenvalue weighted by Gasteiger charge is -2.23. The number of nitrogens with two attached hydrogens (primary N) is 1. The highest BCUT2D eigenvalue weighted by Crippen LogP contribution is 2.40.